The molecule has 0 aromatic heterocycles. The highest BCUT2D eigenvalue weighted by Gasteiger charge is 2.35. The van der Waals surface area contributed by atoms with Crippen LogP contribution in [0, 0.1) is 21.7 Å². The van der Waals surface area contributed by atoms with Crippen molar-refractivity contribution < 1.29 is 9.59 Å². The Kier molecular flexibility index (Phi) is 10.7. The van der Waals surface area contributed by atoms with E-state index >= 15 is 0 Å². The predicted octanol–water partition coefficient (Wildman–Crippen LogP) is 13.0. The first-order valence-corrected chi connectivity index (χ1v) is 17.0. The number of carbonyl (C=O) groups excluding carboxylic acids is 2. The third-order valence-corrected chi connectivity index (χ3v) is 8.66. The van der Waals surface area contributed by atoms with E-state index in [1.54, 1.807) is 12.4 Å². The molecule has 256 valence electrons. The van der Waals surface area contributed by atoms with Crippen molar-refractivity contribution in [2.75, 3.05) is 0 Å². The summed E-state index contributed by atoms with van der Waals surface area (Å²) >= 11 is 6.63. The fourth-order valence-electron chi connectivity index (χ4n) is 5.49. The van der Waals surface area contributed by atoms with E-state index in [1.807, 2.05) is 108 Å². The van der Waals surface area contributed by atoms with Crippen LogP contribution in [0.3, 0.4) is 0 Å². The van der Waals surface area contributed by atoms with Crippen molar-refractivity contribution in [2.24, 2.45) is 42.1 Å². The number of hydrogen-bond acceptors (Lipinski definition) is 6. The summed E-state index contributed by atoms with van der Waals surface area (Å²) < 4.78 is 0. The maximum atomic E-state index is 13.2. The Morgan fingerprint density at radius 3 is 1.24 bits per heavy atom. The van der Waals surface area contributed by atoms with E-state index in [4.69, 9.17) is 11.6 Å². The van der Waals surface area contributed by atoms with Gasteiger partial charge in [0, 0.05) is 22.3 Å². The van der Waals surface area contributed by atoms with E-state index in [0.717, 1.165) is 44.6 Å². The Balaban J connectivity index is 1.51. The van der Waals surface area contributed by atoms with Crippen LogP contribution in [-0.2, 0) is 9.59 Å². The van der Waals surface area contributed by atoms with Gasteiger partial charge in [-0.05, 0) is 92.5 Å². The van der Waals surface area contributed by atoms with Gasteiger partial charge in [-0.15, -0.1) is 5.11 Å². The molecule has 4 rings (SSSR count). The zero-order valence-electron chi connectivity index (χ0n) is 31.0. The molecule has 0 aliphatic heterocycles. The number of benzene rings is 2. The van der Waals surface area contributed by atoms with Crippen molar-refractivity contribution in [2.45, 2.75) is 83.1 Å². The third-order valence-electron chi connectivity index (χ3n) is 8.36. The largest absolute Gasteiger partial charge is 0.289 e. The van der Waals surface area contributed by atoms with Gasteiger partial charge in [-0.2, -0.15) is 15.3 Å². The Morgan fingerprint density at radius 1 is 0.510 bits per heavy atom. The highest BCUT2D eigenvalue weighted by molar-refractivity contribution is 6.33. The molecule has 0 saturated carbocycles. The number of Topliss-reactive ketones (excluding diaryl/α,β-unsaturated/α-hetero) is 2. The molecular formula is C42H49ClN4O2. The second kappa shape index (κ2) is 13.9. The predicted molar refractivity (Wildman–Crippen MR) is 202 cm³/mol. The summed E-state index contributed by atoms with van der Waals surface area (Å²) in [7, 11) is 0. The molecule has 2 aromatic rings. The summed E-state index contributed by atoms with van der Waals surface area (Å²) in [5, 5.41) is 17.9. The maximum absolute atomic E-state index is 13.2. The normalized spacial score (nSPS) is 16.6. The minimum absolute atomic E-state index is 0.0820. The molecule has 7 heteroatoms. The average Bonchev–Trinajstić information content (AvgIpc) is 2.97. The van der Waals surface area contributed by atoms with Gasteiger partial charge in [0.25, 0.3) is 0 Å². The van der Waals surface area contributed by atoms with E-state index in [1.165, 1.54) is 0 Å². The van der Waals surface area contributed by atoms with Crippen LogP contribution in [0.2, 0.25) is 5.02 Å². The number of azo groups is 2. The lowest BCUT2D eigenvalue weighted by molar-refractivity contribution is -0.114. The molecule has 0 spiro atoms. The Labute approximate surface area is 297 Å². The molecule has 0 atom stereocenters. The Hall–Kier alpha value is -4.29. The smallest absolute Gasteiger partial charge is 0.186 e. The van der Waals surface area contributed by atoms with Crippen molar-refractivity contribution in [3.05, 3.63) is 118 Å². The van der Waals surface area contributed by atoms with Gasteiger partial charge < -0.3 is 0 Å². The number of nitrogens with zero attached hydrogens (tertiary/aromatic N) is 4. The molecule has 6 nitrogen and oxygen atoms in total. The molecule has 0 amide bonds. The standard InChI is InChI=1S/C42H49ClN4O2/c1-39(2,3)31-19-26(20-32(37(31)48)40(4,5)6)24-44-46-30-16-13-28(14-17-30)29-15-18-36(35(43)23-29)47-45-25-27-21-33(41(7,8)9)38(49)34(22-27)42(10,11)12/h13-25H,1-12H3. The highest BCUT2D eigenvalue weighted by Crippen LogP contribution is 2.40. The minimum atomic E-state index is -0.296. The summed E-state index contributed by atoms with van der Waals surface area (Å²) in [6.07, 6.45) is 11.0. The van der Waals surface area contributed by atoms with Crippen LogP contribution in [-0.4, -0.2) is 11.6 Å². The van der Waals surface area contributed by atoms with Crippen LogP contribution in [0.5, 0.6) is 0 Å². The van der Waals surface area contributed by atoms with Gasteiger partial charge in [0.1, 0.15) is 5.69 Å². The third kappa shape index (κ3) is 9.24. The molecule has 0 heterocycles. The Morgan fingerprint density at radius 2 is 0.878 bits per heavy atom. The van der Waals surface area contributed by atoms with Crippen LogP contribution < -0.4 is 0 Å². The summed E-state index contributed by atoms with van der Waals surface area (Å²) in [6.45, 7) is 24.6. The highest BCUT2D eigenvalue weighted by atomic mass is 35.5. The van der Waals surface area contributed by atoms with Gasteiger partial charge in [0.15, 0.2) is 11.6 Å². The number of rotatable bonds is 5. The van der Waals surface area contributed by atoms with Gasteiger partial charge in [0.05, 0.1) is 23.1 Å². The van der Waals surface area contributed by atoms with Crippen LogP contribution in [0.1, 0.15) is 83.1 Å². The van der Waals surface area contributed by atoms with Gasteiger partial charge in [-0.3, -0.25) is 9.59 Å². The summed E-state index contributed by atoms with van der Waals surface area (Å²) in [6, 6.07) is 13.4. The quantitative estimate of drug-likeness (QED) is 0.295. The number of allylic oxidation sites excluding steroid dienone is 10. The van der Waals surface area contributed by atoms with Crippen molar-refractivity contribution in [3.8, 4) is 11.1 Å². The lowest BCUT2D eigenvalue weighted by Crippen LogP contribution is -2.27. The lowest BCUT2D eigenvalue weighted by atomic mass is 9.72. The van der Waals surface area contributed by atoms with Crippen molar-refractivity contribution in [1.29, 1.82) is 0 Å². The molecule has 49 heavy (non-hydrogen) atoms. The Bertz CT molecular complexity index is 1830. The van der Waals surface area contributed by atoms with Crippen molar-refractivity contribution in [3.63, 3.8) is 0 Å². The number of hydrogen-bond donors (Lipinski definition) is 0. The van der Waals surface area contributed by atoms with E-state index < -0.39 is 0 Å². The minimum Gasteiger partial charge on any atom is -0.289 e. The fraction of sp³-hybridized carbons (Fsp3) is 0.381. The first kappa shape index (κ1) is 37.5. The van der Waals surface area contributed by atoms with Gasteiger partial charge in [-0.25, -0.2) is 0 Å². The van der Waals surface area contributed by atoms with E-state index in [2.05, 4.69) is 62.0 Å². The van der Waals surface area contributed by atoms with Gasteiger partial charge >= 0.3 is 0 Å². The second-order valence-electron chi connectivity index (χ2n) is 16.8. The summed E-state index contributed by atoms with van der Waals surface area (Å²) in [5.41, 5.74) is 6.73. The fourth-order valence-corrected chi connectivity index (χ4v) is 5.71. The van der Waals surface area contributed by atoms with Crippen LogP contribution in [0.4, 0.5) is 11.4 Å². The molecule has 0 fully saturated rings. The number of carbonyl (C=O) groups is 2. The first-order chi connectivity index (χ1) is 22.6. The maximum Gasteiger partial charge on any atom is 0.186 e. The van der Waals surface area contributed by atoms with Gasteiger partial charge in [0.2, 0.25) is 0 Å². The summed E-state index contributed by atoms with van der Waals surface area (Å²) in [5.74, 6) is 0.175. The molecule has 0 unspecified atom stereocenters. The van der Waals surface area contributed by atoms with Crippen LogP contribution in [0.25, 0.3) is 11.1 Å². The molecular weight excluding hydrogens is 628 g/mol. The molecule has 0 bridgehead atoms. The van der Waals surface area contributed by atoms with E-state index in [0.29, 0.717) is 16.4 Å². The molecule has 0 saturated heterocycles. The SMILES string of the molecule is CC(C)(C)C1=CC(=CN=Nc2ccc(-c3ccc(N=NC=C4C=C(C(C)(C)C)C(=O)C(C(C)(C)C)=C4)c(Cl)c3)cc2)C=C(C(C)(C)C)C1=O. The lowest BCUT2D eigenvalue weighted by Gasteiger charge is -2.31. The number of halogens is 1. The van der Waals surface area contributed by atoms with Crippen LogP contribution >= 0.6 is 11.6 Å². The first-order valence-electron chi connectivity index (χ1n) is 16.7. The molecule has 2 aromatic carbocycles. The van der Waals surface area contributed by atoms with Crippen LogP contribution in [0.15, 0.2) is 133 Å². The molecule has 2 aliphatic rings. The zero-order valence-corrected chi connectivity index (χ0v) is 31.7. The van der Waals surface area contributed by atoms with Crippen molar-refractivity contribution >= 4 is 34.5 Å². The van der Waals surface area contributed by atoms with Gasteiger partial charge in [-0.1, -0.05) is 113 Å². The average molecular weight is 677 g/mol. The molecule has 2 aliphatic carbocycles. The molecule has 0 radical (unpaired) electrons. The zero-order chi connectivity index (χ0) is 36.5. The summed E-state index contributed by atoms with van der Waals surface area (Å²) in [4.78, 5) is 26.4. The topological polar surface area (TPSA) is 83.6 Å². The molecule has 0 N–H and O–H groups in total. The van der Waals surface area contributed by atoms with E-state index in [-0.39, 0.29) is 33.2 Å². The number of ketones is 2. The second-order valence-corrected chi connectivity index (χ2v) is 17.2. The van der Waals surface area contributed by atoms with E-state index in [9.17, 15) is 9.59 Å². The van der Waals surface area contributed by atoms with Crippen molar-refractivity contribution in [1.82, 2.24) is 0 Å². The monoisotopic (exact) mass is 676 g/mol.